The molecule has 1 aliphatic heterocycles. The number of hydrogen-bond donors (Lipinski definition) is 1. The fourth-order valence-corrected chi connectivity index (χ4v) is 5.72. The van der Waals surface area contributed by atoms with E-state index in [9.17, 15) is 21.6 Å². The van der Waals surface area contributed by atoms with Crippen LogP contribution < -0.4 is 14.0 Å². The molecular weight excluding hydrogens is 474 g/mol. The molecule has 1 fully saturated rings. The maximum atomic E-state index is 13.9. The van der Waals surface area contributed by atoms with Gasteiger partial charge in [0.2, 0.25) is 5.25 Å². The Labute approximate surface area is 189 Å². The van der Waals surface area contributed by atoms with Crippen molar-refractivity contribution in [3.63, 3.8) is 0 Å². The van der Waals surface area contributed by atoms with Gasteiger partial charge < -0.3 is 10.2 Å². The van der Waals surface area contributed by atoms with E-state index >= 15 is 0 Å². The fraction of sp³-hybridized carbons (Fsp3) is 0.400. The quantitative estimate of drug-likeness (QED) is 0.578. The van der Waals surface area contributed by atoms with Crippen LogP contribution in [0.4, 0.5) is 24.5 Å². The SMILES string of the molecule is CCc1cc(N(Cl)S(=O)(=O)C(c2ccccc2Cl)C(F)(F)F)ccc1N1CCNCC1. The molecule has 31 heavy (non-hydrogen) atoms. The first-order chi connectivity index (χ1) is 14.6. The van der Waals surface area contributed by atoms with Crippen molar-refractivity contribution >= 4 is 44.8 Å². The smallest absolute Gasteiger partial charge is 0.369 e. The largest absolute Gasteiger partial charge is 0.411 e. The van der Waals surface area contributed by atoms with Crippen molar-refractivity contribution in [2.75, 3.05) is 34.9 Å². The first-order valence-electron chi connectivity index (χ1n) is 9.67. The predicted octanol–water partition coefficient (Wildman–Crippen LogP) is 4.91. The molecule has 0 radical (unpaired) electrons. The van der Waals surface area contributed by atoms with Gasteiger partial charge in [0.05, 0.1) is 5.69 Å². The Morgan fingerprint density at radius 3 is 2.39 bits per heavy atom. The molecule has 0 spiro atoms. The van der Waals surface area contributed by atoms with Crippen LogP contribution in [-0.2, 0) is 16.4 Å². The zero-order chi connectivity index (χ0) is 22.8. The number of rotatable bonds is 6. The third-order valence-corrected chi connectivity index (χ3v) is 8.00. The van der Waals surface area contributed by atoms with E-state index in [1.165, 1.54) is 30.3 Å². The summed E-state index contributed by atoms with van der Waals surface area (Å²) in [6, 6.07) is 9.60. The van der Waals surface area contributed by atoms with Gasteiger partial charge in [-0.25, -0.2) is 8.42 Å². The van der Waals surface area contributed by atoms with E-state index in [2.05, 4.69) is 10.2 Å². The molecule has 1 unspecified atom stereocenters. The van der Waals surface area contributed by atoms with E-state index in [0.717, 1.165) is 43.5 Å². The third kappa shape index (κ3) is 5.05. The highest BCUT2D eigenvalue weighted by Gasteiger charge is 2.53. The molecule has 170 valence electrons. The Morgan fingerprint density at radius 1 is 1.16 bits per heavy atom. The number of piperazine rings is 1. The second-order valence-corrected chi connectivity index (χ2v) is 9.92. The van der Waals surface area contributed by atoms with Crippen molar-refractivity contribution in [2.24, 2.45) is 0 Å². The molecular formula is C20H22Cl2F3N3O2S. The van der Waals surface area contributed by atoms with E-state index in [-0.39, 0.29) is 14.5 Å². The van der Waals surface area contributed by atoms with E-state index in [1.54, 1.807) is 6.07 Å². The van der Waals surface area contributed by atoms with E-state index in [4.69, 9.17) is 23.4 Å². The lowest BCUT2D eigenvalue weighted by Gasteiger charge is -2.32. The highest BCUT2D eigenvalue weighted by atomic mass is 35.5. The Morgan fingerprint density at radius 2 is 1.81 bits per heavy atom. The minimum absolute atomic E-state index is 0.0568. The molecule has 1 atom stereocenters. The summed E-state index contributed by atoms with van der Waals surface area (Å²) in [5.74, 6) is 0. The first kappa shape index (κ1) is 24.0. The lowest BCUT2D eigenvalue weighted by molar-refractivity contribution is -0.131. The lowest BCUT2D eigenvalue weighted by atomic mass is 10.1. The van der Waals surface area contributed by atoms with Crippen LogP contribution in [0.15, 0.2) is 42.5 Å². The minimum Gasteiger partial charge on any atom is -0.369 e. The lowest BCUT2D eigenvalue weighted by Crippen LogP contribution is -2.43. The van der Waals surface area contributed by atoms with Crippen LogP contribution in [0.1, 0.15) is 23.3 Å². The molecule has 2 aromatic carbocycles. The van der Waals surface area contributed by atoms with Gasteiger partial charge >= 0.3 is 6.18 Å². The predicted molar refractivity (Wildman–Crippen MR) is 118 cm³/mol. The summed E-state index contributed by atoms with van der Waals surface area (Å²) in [5, 5.41) is 0.0476. The van der Waals surface area contributed by atoms with Crippen LogP contribution in [0.5, 0.6) is 0 Å². The number of nitrogens with zero attached hydrogens (tertiary/aromatic N) is 2. The summed E-state index contributed by atoms with van der Waals surface area (Å²) in [6.45, 7) is 5.06. The van der Waals surface area contributed by atoms with Gasteiger partial charge in [0.1, 0.15) is 0 Å². The van der Waals surface area contributed by atoms with Gasteiger partial charge in [0.15, 0.2) is 0 Å². The van der Waals surface area contributed by atoms with Crippen LogP contribution in [0.25, 0.3) is 0 Å². The number of alkyl halides is 3. The summed E-state index contributed by atoms with van der Waals surface area (Å²) in [4.78, 5) is 2.15. The molecule has 3 rings (SSSR count). The van der Waals surface area contributed by atoms with Gasteiger partial charge in [-0.3, -0.25) is 0 Å². The average Bonchev–Trinajstić information content (AvgIpc) is 2.73. The maximum absolute atomic E-state index is 13.9. The number of anilines is 2. The van der Waals surface area contributed by atoms with Crippen molar-refractivity contribution in [2.45, 2.75) is 24.8 Å². The zero-order valence-corrected chi connectivity index (χ0v) is 19.0. The highest BCUT2D eigenvalue weighted by molar-refractivity contribution is 7.94. The van der Waals surface area contributed by atoms with Crippen molar-refractivity contribution in [1.82, 2.24) is 5.32 Å². The van der Waals surface area contributed by atoms with Crippen molar-refractivity contribution in [3.8, 4) is 0 Å². The van der Waals surface area contributed by atoms with Gasteiger partial charge in [-0.15, -0.1) is 0 Å². The van der Waals surface area contributed by atoms with Crippen LogP contribution >= 0.6 is 23.4 Å². The van der Waals surface area contributed by atoms with Crippen molar-refractivity contribution in [3.05, 3.63) is 58.6 Å². The Hall–Kier alpha value is -1.68. The molecule has 1 heterocycles. The molecule has 1 N–H and O–H groups in total. The number of hydrogen-bond acceptors (Lipinski definition) is 4. The summed E-state index contributed by atoms with van der Waals surface area (Å²) in [5.41, 5.74) is 1.07. The molecule has 0 bridgehead atoms. The summed E-state index contributed by atoms with van der Waals surface area (Å²) < 4.78 is 67.8. The molecule has 5 nitrogen and oxygen atoms in total. The van der Waals surface area contributed by atoms with Crippen LogP contribution in [0.2, 0.25) is 5.02 Å². The zero-order valence-electron chi connectivity index (χ0n) is 16.7. The van der Waals surface area contributed by atoms with E-state index < -0.39 is 27.0 Å². The van der Waals surface area contributed by atoms with E-state index in [1.807, 2.05) is 6.92 Å². The first-order valence-corrected chi connectivity index (χ1v) is 11.9. The van der Waals surface area contributed by atoms with Crippen molar-refractivity contribution < 1.29 is 21.6 Å². The molecule has 1 saturated heterocycles. The number of benzene rings is 2. The second kappa shape index (κ2) is 9.44. The van der Waals surface area contributed by atoms with Crippen LogP contribution in [0, 0.1) is 0 Å². The number of halogens is 5. The molecule has 0 aliphatic carbocycles. The maximum Gasteiger partial charge on any atom is 0.411 e. The highest BCUT2D eigenvalue weighted by Crippen LogP contribution is 2.45. The summed E-state index contributed by atoms with van der Waals surface area (Å²) >= 11 is 11.9. The Balaban J connectivity index is 2.01. The standard InChI is InChI=1S/C20H22Cl2F3N3O2S/c1-2-14-13-15(7-8-18(14)27-11-9-26-10-12-27)28(22)31(29,30)19(20(23,24)25)16-5-3-4-6-17(16)21/h3-8,13,19,26H,2,9-12H2,1H3. The van der Waals surface area contributed by atoms with Gasteiger partial charge in [0.25, 0.3) is 10.0 Å². The van der Waals surface area contributed by atoms with Gasteiger partial charge in [0, 0.05) is 48.7 Å². The molecule has 11 heteroatoms. The molecule has 0 amide bonds. The monoisotopic (exact) mass is 495 g/mol. The van der Waals surface area contributed by atoms with Crippen LogP contribution in [-0.4, -0.2) is 40.8 Å². The Bertz CT molecular complexity index is 1030. The third-order valence-electron chi connectivity index (χ3n) is 5.11. The molecule has 0 saturated carbocycles. The van der Waals surface area contributed by atoms with Gasteiger partial charge in [-0.1, -0.05) is 36.7 Å². The fourth-order valence-electron chi connectivity index (χ4n) is 3.61. The molecule has 0 aromatic heterocycles. The van der Waals surface area contributed by atoms with Crippen LogP contribution in [0.3, 0.4) is 0 Å². The topological polar surface area (TPSA) is 52.7 Å². The normalized spacial score (nSPS) is 16.3. The van der Waals surface area contributed by atoms with E-state index in [0.29, 0.717) is 6.42 Å². The second-order valence-electron chi connectivity index (χ2n) is 7.11. The molecule has 2 aromatic rings. The van der Waals surface area contributed by atoms with Gasteiger partial charge in [-0.05, 0) is 41.8 Å². The summed E-state index contributed by atoms with van der Waals surface area (Å²) in [6.07, 6.45) is -4.56. The average molecular weight is 496 g/mol. The number of aryl methyl sites for hydroxylation is 1. The van der Waals surface area contributed by atoms with Crippen molar-refractivity contribution in [1.29, 1.82) is 0 Å². The Kier molecular flexibility index (Phi) is 7.30. The number of sulfonamides is 1. The minimum atomic E-state index is -5.12. The van der Waals surface area contributed by atoms with Gasteiger partial charge in [-0.2, -0.15) is 17.0 Å². The summed E-state index contributed by atoms with van der Waals surface area (Å²) in [7, 11) is -5.08. The molecule has 1 aliphatic rings. The number of nitrogens with one attached hydrogen (secondary N) is 1.